The molecule has 0 aromatic rings. The molecule has 2 fully saturated rings. The number of rotatable bonds is 10. The van der Waals surface area contributed by atoms with E-state index in [2.05, 4.69) is 0 Å². The van der Waals surface area contributed by atoms with Gasteiger partial charge in [0.15, 0.2) is 24.8 Å². The summed E-state index contributed by atoms with van der Waals surface area (Å²) in [6.45, 7) is 0.442. The van der Waals surface area contributed by atoms with Gasteiger partial charge >= 0.3 is 11.9 Å². The van der Waals surface area contributed by atoms with E-state index in [0.717, 1.165) is 0 Å². The van der Waals surface area contributed by atoms with E-state index in [0.29, 0.717) is 0 Å². The fourth-order valence-corrected chi connectivity index (χ4v) is 3.05. The lowest BCUT2D eigenvalue weighted by Crippen LogP contribution is -2.65. The van der Waals surface area contributed by atoms with E-state index in [1.807, 2.05) is 0 Å². The molecule has 2 aliphatic heterocycles. The van der Waals surface area contributed by atoms with Crippen molar-refractivity contribution in [2.75, 3.05) is 26.4 Å². The Balaban J connectivity index is 2.09. The normalized spacial score (nSPS) is 41.1. The monoisotopic (exact) mass is 457 g/mol. The fraction of sp³-hybridized carbons (Fsp3) is 0.875. The Labute approximate surface area is 175 Å². The first-order valence-corrected chi connectivity index (χ1v) is 9.31. The van der Waals surface area contributed by atoms with Gasteiger partial charge < -0.3 is 65.2 Å². The molecule has 0 saturated carbocycles. The maximum Gasteiger partial charge on any atom is 0.335 e. The van der Waals surface area contributed by atoms with E-state index in [4.69, 9.17) is 34.5 Å². The first kappa shape index (κ1) is 25.8. The molecule has 180 valence electrons. The van der Waals surface area contributed by atoms with Gasteiger partial charge in [-0.25, -0.2) is 9.59 Å². The Morgan fingerprint density at radius 2 is 1.32 bits per heavy atom. The van der Waals surface area contributed by atoms with Crippen LogP contribution in [-0.4, -0.2) is 135 Å². The number of carbonyl (C=O) groups is 2. The number of aliphatic hydroxyl groups is 5. The predicted octanol–water partition coefficient (Wildman–Crippen LogP) is -5.21. The molecule has 0 bridgehead atoms. The van der Waals surface area contributed by atoms with Gasteiger partial charge in [0.2, 0.25) is 0 Å². The second-order valence-corrected chi connectivity index (χ2v) is 6.85. The first-order chi connectivity index (χ1) is 14.6. The van der Waals surface area contributed by atoms with Crippen molar-refractivity contribution in [2.24, 2.45) is 5.73 Å². The van der Waals surface area contributed by atoms with Crippen LogP contribution < -0.4 is 5.73 Å². The smallest absolute Gasteiger partial charge is 0.335 e. The molecule has 0 aromatic heterocycles. The molecular weight excluding hydrogens is 430 g/mol. The number of hydrogen-bond acceptors (Lipinski definition) is 13. The molecule has 31 heavy (non-hydrogen) atoms. The molecule has 10 atom stereocenters. The van der Waals surface area contributed by atoms with E-state index in [-0.39, 0.29) is 26.4 Å². The molecule has 0 aromatic carbocycles. The SMILES string of the molecule is NCCOCCO[C@@H]1O[C@@H](C(=O)O)[C@@H](O[C@@H]2O[C@@H](C(=O)O)[C@@H](O)[C@H](O)[C@H]2O)[C@H](O)[C@H]1O. The molecule has 9 N–H and O–H groups in total. The maximum absolute atomic E-state index is 11.6. The van der Waals surface area contributed by atoms with Gasteiger partial charge in [0.05, 0.1) is 19.8 Å². The van der Waals surface area contributed by atoms with Crippen LogP contribution in [0.1, 0.15) is 0 Å². The van der Waals surface area contributed by atoms with Crippen molar-refractivity contribution in [3.8, 4) is 0 Å². The van der Waals surface area contributed by atoms with Crippen LogP contribution in [0.15, 0.2) is 0 Å². The van der Waals surface area contributed by atoms with E-state index >= 15 is 0 Å². The molecule has 15 heteroatoms. The predicted molar refractivity (Wildman–Crippen MR) is 93.3 cm³/mol. The third kappa shape index (κ3) is 6.05. The number of nitrogens with two attached hydrogens (primary N) is 1. The topological polar surface area (TPSA) is 248 Å². The summed E-state index contributed by atoms with van der Waals surface area (Å²) in [4.78, 5) is 22.8. The molecule has 2 aliphatic rings. The zero-order chi connectivity index (χ0) is 23.3. The second kappa shape index (κ2) is 11.4. The number of aliphatic carboxylic acids is 2. The van der Waals surface area contributed by atoms with Crippen LogP contribution >= 0.6 is 0 Å². The largest absolute Gasteiger partial charge is 0.479 e. The zero-order valence-corrected chi connectivity index (χ0v) is 16.2. The van der Waals surface area contributed by atoms with Crippen LogP contribution in [-0.2, 0) is 33.3 Å². The van der Waals surface area contributed by atoms with Crippen LogP contribution in [0.5, 0.6) is 0 Å². The average Bonchev–Trinajstić information content (AvgIpc) is 2.72. The Morgan fingerprint density at radius 1 is 0.742 bits per heavy atom. The minimum Gasteiger partial charge on any atom is -0.479 e. The highest BCUT2D eigenvalue weighted by atomic mass is 16.7. The van der Waals surface area contributed by atoms with Crippen LogP contribution in [0.2, 0.25) is 0 Å². The summed E-state index contributed by atoms with van der Waals surface area (Å²) in [6, 6.07) is 0. The van der Waals surface area contributed by atoms with Crippen LogP contribution in [0.3, 0.4) is 0 Å². The van der Waals surface area contributed by atoms with Crippen molar-refractivity contribution in [3.63, 3.8) is 0 Å². The fourth-order valence-electron chi connectivity index (χ4n) is 3.05. The number of ether oxygens (including phenoxy) is 5. The molecule has 2 heterocycles. The van der Waals surface area contributed by atoms with Gasteiger partial charge in [0.25, 0.3) is 0 Å². The summed E-state index contributed by atoms with van der Waals surface area (Å²) in [5, 5.41) is 68.6. The number of aliphatic hydroxyl groups excluding tert-OH is 5. The van der Waals surface area contributed by atoms with Crippen molar-refractivity contribution in [1.82, 2.24) is 0 Å². The van der Waals surface area contributed by atoms with Crippen molar-refractivity contribution in [2.45, 2.75) is 61.4 Å². The molecule has 15 nitrogen and oxygen atoms in total. The summed E-state index contributed by atoms with van der Waals surface area (Å²) in [6.07, 6.45) is -19.1. The highest BCUT2D eigenvalue weighted by Crippen LogP contribution is 2.29. The van der Waals surface area contributed by atoms with Gasteiger partial charge in [-0.15, -0.1) is 0 Å². The van der Waals surface area contributed by atoms with Gasteiger partial charge in [0.1, 0.15) is 36.6 Å². The van der Waals surface area contributed by atoms with Crippen LogP contribution in [0.25, 0.3) is 0 Å². The van der Waals surface area contributed by atoms with Crippen LogP contribution in [0.4, 0.5) is 0 Å². The minimum absolute atomic E-state index is 0.0520. The Hall–Kier alpha value is -1.50. The average molecular weight is 457 g/mol. The molecule has 0 amide bonds. The Morgan fingerprint density at radius 3 is 1.90 bits per heavy atom. The first-order valence-electron chi connectivity index (χ1n) is 9.31. The minimum atomic E-state index is -2.01. The molecule has 0 unspecified atom stereocenters. The van der Waals surface area contributed by atoms with E-state index in [1.165, 1.54) is 0 Å². The number of carboxylic acid groups (broad SMARTS) is 2. The van der Waals surface area contributed by atoms with Crippen molar-refractivity contribution >= 4 is 11.9 Å². The van der Waals surface area contributed by atoms with Gasteiger partial charge in [-0.3, -0.25) is 0 Å². The lowest BCUT2D eigenvalue weighted by Gasteiger charge is -2.44. The third-order valence-electron chi connectivity index (χ3n) is 4.66. The molecule has 0 radical (unpaired) electrons. The van der Waals surface area contributed by atoms with Crippen molar-refractivity contribution in [3.05, 3.63) is 0 Å². The third-order valence-corrected chi connectivity index (χ3v) is 4.66. The summed E-state index contributed by atoms with van der Waals surface area (Å²) < 4.78 is 25.5. The Kier molecular flexibility index (Phi) is 9.46. The molecule has 0 aliphatic carbocycles. The van der Waals surface area contributed by atoms with Gasteiger partial charge in [-0.1, -0.05) is 0 Å². The second-order valence-electron chi connectivity index (χ2n) is 6.85. The Bertz CT molecular complexity index is 607. The standard InChI is InChI=1S/C16H27NO14/c17-1-2-27-3-4-28-15-9(22)7(20)10(12(31-15)14(25)26)29-16-8(21)5(18)6(19)11(30-16)13(23)24/h5-12,15-16,18-22H,1-4,17H2,(H,23,24)(H,25,26)/t5-,6-,7+,8+,9+,10-,11+,12+,15+,16+/m0/s1. The molecule has 2 saturated heterocycles. The van der Waals surface area contributed by atoms with E-state index in [9.17, 15) is 40.2 Å². The van der Waals surface area contributed by atoms with Crippen LogP contribution in [0, 0.1) is 0 Å². The molecule has 0 spiro atoms. The summed E-state index contributed by atoms with van der Waals surface area (Å²) in [5.74, 6) is -3.32. The quantitative estimate of drug-likeness (QED) is 0.143. The summed E-state index contributed by atoms with van der Waals surface area (Å²) in [5.41, 5.74) is 5.26. The van der Waals surface area contributed by atoms with Gasteiger partial charge in [-0.2, -0.15) is 0 Å². The number of carboxylic acids is 2. The lowest BCUT2D eigenvalue weighted by molar-refractivity contribution is -0.350. The maximum atomic E-state index is 11.6. The molecule has 2 rings (SSSR count). The summed E-state index contributed by atoms with van der Waals surface area (Å²) >= 11 is 0. The van der Waals surface area contributed by atoms with Gasteiger partial charge in [-0.05, 0) is 0 Å². The van der Waals surface area contributed by atoms with Crippen molar-refractivity contribution in [1.29, 1.82) is 0 Å². The van der Waals surface area contributed by atoms with E-state index in [1.54, 1.807) is 0 Å². The zero-order valence-electron chi connectivity index (χ0n) is 16.2. The lowest BCUT2D eigenvalue weighted by atomic mass is 9.96. The van der Waals surface area contributed by atoms with E-state index < -0.39 is 73.4 Å². The van der Waals surface area contributed by atoms with Crippen molar-refractivity contribution < 1.29 is 69.0 Å². The number of hydrogen-bond donors (Lipinski definition) is 8. The summed E-state index contributed by atoms with van der Waals surface area (Å²) in [7, 11) is 0. The highest BCUT2D eigenvalue weighted by molar-refractivity contribution is 5.74. The highest BCUT2D eigenvalue weighted by Gasteiger charge is 2.53. The van der Waals surface area contributed by atoms with Gasteiger partial charge in [0, 0.05) is 6.54 Å². The molecular formula is C16H27NO14.